The number of hydrogen-bond donors (Lipinski definition) is 2. The minimum absolute atomic E-state index is 0.0461. The first kappa shape index (κ1) is 15.2. The summed E-state index contributed by atoms with van der Waals surface area (Å²) in [7, 11) is 0. The van der Waals surface area contributed by atoms with Crippen LogP contribution in [0.5, 0.6) is 0 Å². The number of aliphatic hydroxyl groups is 1. The van der Waals surface area contributed by atoms with E-state index in [-0.39, 0.29) is 18.4 Å². The molecule has 0 radical (unpaired) electrons. The van der Waals surface area contributed by atoms with E-state index < -0.39 is 0 Å². The number of aliphatic hydroxyl groups excluding tert-OH is 1. The highest BCUT2D eigenvalue weighted by atomic mass is 16.3. The molecule has 0 bridgehead atoms. The molecule has 1 aromatic carbocycles. The van der Waals surface area contributed by atoms with Crippen LogP contribution in [-0.2, 0) is 17.6 Å². The first-order valence-corrected chi connectivity index (χ1v) is 6.48. The van der Waals surface area contributed by atoms with Gasteiger partial charge in [-0.05, 0) is 23.5 Å². The van der Waals surface area contributed by atoms with Crippen LogP contribution in [0, 0.1) is 17.2 Å². The van der Waals surface area contributed by atoms with Crippen LogP contribution in [0.4, 0.5) is 0 Å². The van der Waals surface area contributed by atoms with Crippen LogP contribution in [0.25, 0.3) is 0 Å². The van der Waals surface area contributed by atoms with Crippen molar-refractivity contribution in [1.29, 1.82) is 5.26 Å². The van der Waals surface area contributed by atoms with Gasteiger partial charge in [0.05, 0.1) is 18.9 Å². The van der Waals surface area contributed by atoms with Gasteiger partial charge in [-0.2, -0.15) is 5.26 Å². The second kappa shape index (κ2) is 8.28. The van der Waals surface area contributed by atoms with Crippen molar-refractivity contribution in [3.63, 3.8) is 0 Å². The van der Waals surface area contributed by atoms with Crippen LogP contribution in [-0.4, -0.2) is 24.2 Å². The van der Waals surface area contributed by atoms with E-state index in [0.717, 1.165) is 11.1 Å². The summed E-state index contributed by atoms with van der Waals surface area (Å²) in [6.07, 6.45) is 1.30. The number of benzene rings is 1. The average molecular weight is 260 g/mol. The van der Waals surface area contributed by atoms with E-state index in [1.165, 1.54) is 0 Å². The maximum atomic E-state index is 11.8. The third-order valence-corrected chi connectivity index (χ3v) is 3.01. The minimum atomic E-state index is -0.0461. The van der Waals surface area contributed by atoms with Crippen LogP contribution in [0.3, 0.4) is 0 Å². The fraction of sp³-hybridized carbons (Fsp3) is 0.467. The number of carbonyl (C=O) groups is 1. The molecule has 0 heterocycles. The second-order valence-corrected chi connectivity index (χ2v) is 4.70. The van der Waals surface area contributed by atoms with Gasteiger partial charge >= 0.3 is 0 Å². The lowest BCUT2D eigenvalue weighted by atomic mass is 10.0. The van der Waals surface area contributed by atoms with Gasteiger partial charge in [0.25, 0.3) is 0 Å². The summed E-state index contributed by atoms with van der Waals surface area (Å²) in [6.45, 7) is 2.70. The molecule has 0 saturated heterocycles. The standard InChI is InChI=1S/C15H20N2O2/c1-12(7-9-18)11-17-15(19)10-14-5-3-2-4-13(14)6-8-16/h2-5,12,18H,6-7,9-11H2,1H3,(H,17,19). The Morgan fingerprint density at radius 2 is 2.11 bits per heavy atom. The summed E-state index contributed by atoms with van der Waals surface area (Å²) in [6, 6.07) is 9.60. The van der Waals surface area contributed by atoms with Gasteiger partial charge in [-0.25, -0.2) is 0 Å². The second-order valence-electron chi connectivity index (χ2n) is 4.70. The summed E-state index contributed by atoms with van der Waals surface area (Å²) in [5.41, 5.74) is 1.81. The molecule has 1 rings (SSSR count). The van der Waals surface area contributed by atoms with Gasteiger partial charge in [-0.1, -0.05) is 31.2 Å². The summed E-state index contributed by atoms with van der Waals surface area (Å²) in [5, 5.41) is 20.4. The fourth-order valence-electron chi connectivity index (χ4n) is 1.83. The highest BCUT2D eigenvalue weighted by Gasteiger charge is 2.09. The van der Waals surface area contributed by atoms with E-state index in [4.69, 9.17) is 10.4 Å². The molecule has 0 spiro atoms. The van der Waals surface area contributed by atoms with Gasteiger partial charge in [-0.3, -0.25) is 4.79 Å². The van der Waals surface area contributed by atoms with Crippen molar-refractivity contribution in [3.8, 4) is 6.07 Å². The lowest BCUT2D eigenvalue weighted by Crippen LogP contribution is -2.30. The molecule has 0 aliphatic heterocycles. The third-order valence-electron chi connectivity index (χ3n) is 3.01. The van der Waals surface area contributed by atoms with E-state index >= 15 is 0 Å². The van der Waals surface area contributed by atoms with Crippen molar-refractivity contribution in [2.45, 2.75) is 26.2 Å². The Labute approximate surface area is 114 Å². The molecule has 2 N–H and O–H groups in total. The molecule has 1 amide bonds. The zero-order chi connectivity index (χ0) is 14.1. The van der Waals surface area contributed by atoms with Crippen LogP contribution in [0.2, 0.25) is 0 Å². The zero-order valence-corrected chi connectivity index (χ0v) is 11.2. The van der Waals surface area contributed by atoms with Crippen molar-refractivity contribution in [3.05, 3.63) is 35.4 Å². The number of nitriles is 1. The average Bonchev–Trinajstić information content (AvgIpc) is 2.39. The Hall–Kier alpha value is -1.86. The zero-order valence-electron chi connectivity index (χ0n) is 11.2. The fourth-order valence-corrected chi connectivity index (χ4v) is 1.83. The number of carbonyl (C=O) groups excluding carboxylic acids is 1. The molecule has 0 aliphatic carbocycles. The minimum Gasteiger partial charge on any atom is -0.396 e. The largest absolute Gasteiger partial charge is 0.396 e. The molecule has 0 aromatic heterocycles. The third kappa shape index (κ3) is 5.54. The topological polar surface area (TPSA) is 73.1 Å². The lowest BCUT2D eigenvalue weighted by Gasteiger charge is -2.12. The van der Waals surface area contributed by atoms with Gasteiger partial charge in [-0.15, -0.1) is 0 Å². The summed E-state index contributed by atoms with van der Waals surface area (Å²) in [4.78, 5) is 11.8. The molecule has 0 fully saturated rings. The van der Waals surface area contributed by atoms with E-state index in [1.807, 2.05) is 31.2 Å². The molecule has 1 aromatic rings. The molecule has 4 heteroatoms. The Bertz CT molecular complexity index is 452. The molecular formula is C15H20N2O2. The van der Waals surface area contributed by atoms with E-state index in [2.05, 4.69) is 11.4 Å². The number of hydrogen-bond acceptors (Lipinski definition) is 3. The van der Waals surface area contributed by atoms with Gasteiger partial charge in [0.1, 0.15) is 0 Å². The van der Waals surface area contributed by atoms with Crippen molar-refractivity contribution in [2.24, 2.45) is 5.92 Å². The van der Waals surface area contributed by atoms with Gasteiger partial charge in [0.15, 0.2) is 0 Å². The molecular weight excluding hydrogens is 240 g/mol. The van der Waals surface area contributed by atoms with E-state index in [9.17, 15) is 4.79 Å². The normalized spacial score (nSPS) is 11.6. The van der Waals surface area contributed by atoms with Crippen LogP contribution < -0.4 is 5.32 Å². The highest BCUT2D eigenvalue weighted by molar-refractivity contribution is 5.78. The SMILES string of the molecule is CC(CCO)CNC(=O)Cc1ccccc1CC#N. The molecule has 1 atom stereocenters. The predicted molar refractivity (Wildman–Crippen MR) is 73.3 cm³/mol. The summed E-state index contributed by atoms with van der Waals surface area (Å²) < 4.78 is 0. The van der Waals surface area contributed by atoms with Crippen LogP contribution in [0.1, 0.15) is 24.5 Å². The Balaban J connectivity index is 2.51. The van der Waals surface area contributed by atoms with Crippen LogP contribution in [0.15, 0.2) is 24.3 Å². The highest BCUT2D eigenvalue weighted by Crippen LogP contribution is 2.10. The van der Waals surface area contributed by atoms with Crippen molar-refractivity contribution < 1.29 is 9.90 Å². The predicted octanol–water partition coefficient (Wildman–Crippen LogP) is 1.43. The first-order chi connectivity index (χ1) is 9.17. The van der Waals surface area contributed by atoms with Crippen LogP contribution >= 0.6 is 0 Å². The van der Waals surface area contributed by atoms with Crippen molar-refractivity contribution >= 4 is 5.91 Å². The van der Waals surface area contributed by atoms with E-state index in [1.54, 1.807) is 0 Å². The Kier molecular flexibility index (Phi) is 6.62. The van der Waals surface area contributed by atoms with Gasteiger partial charge in [0, 0.05) is 13.2 Å². The molecule has 102 valence electrons. The van der Waals surface area contributed by atoms with Crippen molar-refractivity contribution in [2.75, 3.05) is 13.2 Å². The van der Waals surface area contributed by atoms with Crippen molar-refractivity contribution in [1.82, 2.24) is 5.32 Å². The molecule has 4 nitrogen and oxygen atoms in total. The molecule has 1 unspecified atom stereocenters. The smallest absolute Gasteiger partial charge is 0.224 e. The lowest BCUT2D eigenvalue weighted by molar-refractivity contribution is -0.120. The Morgan fingerprint density at radius 3 is 2.74 bits per heavy atom. The van der Waals surface area contributed by atoms with Gasteiger partial charge < -0.3 is 10.4 Å². The maximum Gasteiger partial charge on any atom is 0.224 e. The maximum absolute atomic E-state index is 11.8. The van der Waals surface area contributed by atoms with Gasteiger partial charge in [0.2, 0.25) is 5.91 Å². The number of nitrogens with one attached hydrogen (secondary N) is 1. The van der Waals surface area contributed by atoms with E-state index in [0.29, 0.717) is 25.8 Å². The Morgan fingerprint density at radius 1 is 1.42 bits per heavy atom. The first-order valence-electron chi connectivity index (χ1n) is 6.48. The monoisotopic (exact) mass is 260 g/mol. The molecule has 0 aliphatic rings. The molecule has 19 heavy (non-hydrogen) atoms. The summed E-state index contributed by atoms with van der Waals surface area (Å²) >= 11 is 0. The molecule has 0 saturated carbocycles. The number of amides is 1. The summed E-state index contributed by atoms with van der Waals surface area (Å²) in [5.74, 6) is 0.221. The quantitative estimate of drug-likeness (QED) is 0.779. The number of rotatable bonds is 7. The number of nitrogens with zero attached hydrogens (tertiary/aromatic N) is 1.